The Hall–Kier alpha value is -2.77. The number of aromatic nitrogens is 1. The number of hydrogen-bond acceptors (Lipinski definition) is 4. The normalized spacial score (nSPS) is 14.6. The van der Waals surface area contributed by atoms with E-state index in [0.717, 1.165) is 6.07 Å². The summed E-state index contributed by atoms with van der Waals surface area (Å²) < 4.78 is 27.3. The minimum atomic E-state index is -0.719. The summed E-state index contributed by atoms with van der Waals surface area (Å²) in [6.07, 6.45) is 1.69. The molecule has 1 aliphatic rings. The third-order valence-corrected chi connectivity index (χ3v) is 4.50. The number of halogens is 2. The molecule has 1 N–H and O–H groups in total. The van der Waals surface area contributed by atoms with Crippen LogP contribution in [0.3, 0.4) is 0 Å². The molecule has 2 aromatic rings. The predicted octanol–water partition coefficient (Wildman–Crippen LogP) is 2.01. The van der Waals surface area contributed by atoms with Crippen LogP contribution in [0.4, 0.5) is 14.5 Å². The number of rotatable bonds is 4. The zero-order valence-electron chi connectivity index (χ0n) is 14.5. The van der Waals surface area contributed by atoms with Gasteiger partial charge in [0.2, 0.25) is 11.8 Å². The summed E-state index contributed by atoms with van der Waals surface area (Å²) in [7, 11) is 0. The predicted molar refractivity (Wildman–Crippen MR) is 93.6 cm³/mol. The Bertz CT molecular complexity index is 835. The van der Waals surface area contributed by atoms with Crippen molar-refractivity contribution in [3.8, 4) is 0 Å². The number of fused-ring (bicyclic) bond motifs is 1. The molecule has 2 amide bonds. The highest BCUT2D eigenvalue weighted by Gasteiger charge is 2.21. The van der Waals surface area contributed by atoms with E-state index in [0.29, 0.717) is 43.8 Å². The monoisotopic (exact) mass is 362 g/mol. The van der Waals surface area contributed by atoms with Crippen LogP contribution in [0, 0.1) is 11.6 Å². The lowest BCUT2D eigenvalue weighted by Gasteiger charge is -2.34. The van der Waals surface area contributed by atoms with Gasteiger partial charge < -0.3 is 15.1 Å². The van der Waals surface area contributed by atoms with Crippen LogP contribution < -0.4 is 5.32 Å². The van der Waals surface area contributed by atoms with Crippen molar-refractivity contribution < 1.29 is 18.4 Å². The molecule has 1 aromatic heterocycles. The molecule has 0 unspecified atom stereocenters. The van der Waals surface area contributed by atoms with Gasteiger partial charge in [0.25, 0.3) is 0 Å². The second-order valence-corrected chi connectivity index (χ2v) is 6.21. The molecule has 0 atom stereocenters. The molecule has 138 valence electrons. The number of piperazine rings is 1. The van der Waals surface area contributed by atoms with E-state index < -0.39 is 11.6 Å². The van der Waals surface area contributed by atoms with Gasteiger partial charge in [0.15, 0.2) is 5.82 Å². The molecule has 1 saturated heterocycles. The van der Waals surface area contributed by atoms with E-state index in [4.69, 9.17) is 0 Å². The summed E-state index contributed by atoms with van der Waals surface area (Å²) in [5.74, 6) is -1.40. The van der Waals surface area contributed by atoms with Gasteiger partial charge in [-0.25, -0.2) is 8.78 Å². The Morgan fingerprint density at radius 3 is 2.54 bits per heavy atom. The van der Waals surface area contributed by atoms with Crippen molar-refractivity contribution in [2.75, 3.05) is 38.0 Å². The lowest BCUT2D eigenvalue weighted by molar-refractivity contribution is -0.138. The van der Waals surface area contributed by atoms with Crippen molar-refractivity contribution in [1.29, 1.82) is 0 Å². The highest BCUT2D eigenvalue weighted by Crippen LogP contribution is 2.24. The number of nitrogens with zero attached hydrogens (tertiary/aromatic N) is 3. The Morgan fingerprint density at radius 2 is 1.85 bits per heavy atom. The number of carbonyl (C=O) groups is 2. The molecule has 0 aliphatic carbocycles. The van der Waals surface area contributed by atoms with E-state index in [2.05, 4.69) is 10.3 Å². The van der Waals surface area contributed by atoms with Crippen molar-refractivity contribution in [1.82, 2.24) is 14.8 Å². The van der Waals surface area contributed by atoms with Crippen LogP contribution in [0.25, 0.3) is 10.9 Å². The van der Waals surface area contributed by atoms with Gasteiger partial charge in [-0.1, -0.05) is 0 Å². The highest BCUT2D eigenvalue weighted by atomic mass is 19.1. The van der Waals surface area contributed by atoms with Gasteiger partial charge >= 0.3 is 0 Å². The fraction of sp³-hybridized carbons (Fsp3) is 0.389. The van der Waals surface area contributed by atoms with Crippen LogP contribution in [0.2, 0.25) is 0 Å². The third-order valence-electron chi connectivity index (χ3n) is 4.50. The standard InChI is InChI=1S/C18H20F2N4O2/c1-12(25)23-6-8-24(9-7-23)17(26)3-5-21-16-2-4-22-18-14(16)10-13(19)11-15(18)20/h2,4,10-11H,3,5-9H2,1H3,(H,21,22). The summed E-state index contributed by atoms with van der Waals surface area (Å²) in [6, 6.07) is 3.64. The zero-order valence-corrected chi connectivity index (χ0v) is 14.5. The molecule has 0 spiro atoms. The molecule has 1 fully saturated rings. The molecule has 1 aliphatic heterocycles. The number of pyridine rings is 1. The fourth-order valence-electron chi connectivity index (χ4n) is 3.07. The maximum absolute atomic E-state index is 13.8. The van der Waals surface area contributed by atoms with Crippen LogP contribution in [0.1, 0.15) is 13.3 Å². The lowest BCUT2D eigenvalue weighted by atomic mass is 10.1. The summed E-state index contributed by atoms with van der Waals surface area (Å²) in [5.41, 5.74) is 0.616. The summed E-state index contributed by atoms with van der Waals surface area (Å²) in [4.78, 5) is 31.0. The Kier molecular flexibility index (Phi) is 5.29. The van der Waals surface area contributed by atoms with Crippen LogP contribution in [-0.2, 0) is 9.59 Å². The number of hydrogen-bond donors (Lipinski definition) is 1. The van der Waals surface area contributed by atoms with Crippen LogP contribution in [0.15, 0.2) is 24.4 Å². The first-order valence-electron chi connectivity index (χ1n) is 8.46. The molecule has 26 heavy (non-hydrogen) atoms. The first-order chi connectivity index (χ1) is 12.5. The second kappa shape index (κ2) is 7.63. The minimum absolute atomic E-state index is 0.0165. The molecule has 1 aromatic carbocycles. The maximum atomic E-state index is 13.8. The molecule has 0 bridgehead atoms. The number of anilines is 1. The number of amides is 2. The van der Waals surface area contributed by atoms with Crippen molar-refractivity contribution in [3.63, 3.8) is 0 Å². The second-order valence-electron chi connectivity index (χ2n) is 6.21. The number of carbonyl (C=O) groups excluding carboxylic acids is 2. The van der Waals surface area contributed by atoms with Gasteiger partial charge in [-0.2, -0.15) is 0 Å². The Morgan fingerprint density at radius 1 is 1.15 bits per heavy atom. The minimum Gasteiger partial charge on any atom is -0.384 e. The molecule has 0 saturated carbocycles. The van der Waals surface area contributed by atoms with E-state index in [9.17, 15) is 18.4 Å². The topological polar surface area (TPSA) is 65.5 Å². The van der Waals surface area contributed by atoms with Crippen molar-refractivity contribution in [2.45, 2.75) is 13.3 Å². The van der Waals surface area contributed by atoms with E-state index >= 15 is 0 Å². The van der Waals surface area contributed by atoms with Crippen LogP contribution in [0.5, 0.6) is 0 Å². The maximum Gasteiger partial charge on any atom is 0.224 e. The first kappa shape index (κ1) is 18.0. The first-order valence-corrected chi connectivity index (χ1v) is 8.46. The van der Waals surface area contributed by atoms with Crippen molar-refractivity contribution in [2.24, 2.45) is 0 Å². The smallest absolute Gasteiger partial charge is 0.224 e. The molecule has 8 heteroatoms. The van der Waals surface area contributed by atoms with Gasteiger partial charge in [-0.05, 0) is 12.1 Å². The summed E-state index contributed by atoms with van der Waals surface area (Å²) >= 11 is 0. The molecular formula is C18H20F2N4O2. The molecule has 3 rings (SSSR count). The van der Waals surface area contributed by atoms with Crippen molar-refractivity contribution >= 4 is 28.4 Å². The van der Waals surface area contributed by atoms with E-state index in [1.165, 1.54) is 19.2 Å². The highest BCUT2D eigenvalue weighted by molar-refractivity contribution is 5.91. The summed E-state index contributed by atoms with van der Waals surface area (Å²) in [6.45, 7) is 3.99. The fourth-order valence-corrected chi connectivity index (χ4v) is 3.07. The van der Waals surface area contributed by atoms with E-state index in [1.54, 1.807) is 15.9 Å². The third kappa shape index (κ3) is 3.89. The van der Waals surface area contributed by atoms with Gasteiger partial charge in [0, 0.05) is 69.4 Å². The largest absolute Gasteiger partial charge is 0.384 e. The van der Waals surface area contributed by atoms with E-state index in [1.807, 2.05) is 0 Å². The number of benzene rings is 1. The SMILES string of the molecule is CC(=O)N1CCN(C(=O)CCNc2ccnc3c(F)cc(F)cc23)CC1. The molecular weight excluding hydrogens is 342 g/mol. The van der Waals surface area contributed by atoms with Gasteiger partial charge in [-0.15, -0.1) is 0 Å². The van der Waals surface area contributed by atoms with Crippen LogP contribution >= 0.6 is 0 Å². The van der Waals surface area contributed by atoms with Gasteiger partial charge in [0.1, 0.15) is 11.3 Å². The zero-order chi connectivity index (χ0) is 18.7. The number of nitrogens with one attached hydrogen (secondary N) is 1. The van der Waals surface area contributed by atoms with Gasteiger partial charge in [-0.3, -0.25) is 14.6 Å². The lowest BCUT2D eigenvalue weighted by Crippen LogP contribution is -2.50. The average molecular weight is 362 g/mol. The quantitative estimate of drug-likeness (QED) is 0.904. The molecule has 0 radical (unpaired) electrons. The Labute approximate surface area is 149 Å². The average Bonchev–Trinajstić information content (AvgIpc) is 2.62. The van der Waals surface area contributed by atoms with Crippen molar-refractivity contribution in [3.05, 3.63) is 36.0 Å². The van der Waals surface area contributed by atoms with Gasteiger partial charge in [0.05, 0.1) is 0 Å². The Balaban J connectivity index is 1.58. The van der Waals surface area contributed by atoms with Crippen LogP contribution in [-0.4, -0.2) is 59.3 Å². The summed E-state index contributed by atoms with van der Waals surface area (Å²) in [5, 5.41) is 3.39. The van der Waals surface area contributed by atoms with E-state index in [-0.39, 0.29) is 23.8 Å². The molecule has 2 heterocycles. The molecule has 6 nitrogen and oxygen atoms in total.